The Morgan fingerprint density at radius 2 is 1.50 bits per heavy atom. The van der Waals surface area contributed by atoms with Crippen molar-refractivity contribution in [1.29, 1.82) is 0 Å². The molecule has 254 valence electrons. The first kappa shape index (κ1) is 33.0. The van der Waals surface area contributed by atoms with E-state index in [1.807, 2.05) is 11.0 Å². The highest BCUT2D eigenvalue weighted by Crippen LogP contribution is 2.38. The molecule has 3 aromatic rings. The summed E-state index contributed by atoms with van der Waals surface area (Å²) in [7, 11) is 3.04. The van der Waals surface area contributed by atoms with E-state index in [9.17, 15) is 14.4 Å². The van der Waals surface area contributed by atoms with E-state index >= 15 is 0 Å². The smallest absolute Gasteiger partial charge is 0.264 e. The maximum atomic E-state index is 14.0. The van der Waals surface area contributed by atoms with E-state index in [4.69, 9.17) is 28.4 Å². The second-order valence-electron chi connectivity index (χ2n) is 12.0. The van der Waals surface area contributed by atoms with E-state index in [0.717, 1.165) is 5.56 Å². The highest BCUT2D eigenvalue weighted by atomic mass is 16.5. The van der Waals surface area contributed by atoms with E-state index in [2.05, 4.69) is 10.6 Å². The highest BCUT2D eigenvalue weighted by molar-refractivity contribution is 5.95. The van der Waals surface area contributed by atoms with Crippen LogP contribution in [0.3, 0.4) is 0 Å². The molecule has 0 saturated carbocycles. The predicted octanol–water partition coefficient (Wildman–Crippen LogP) is 4.10. The lowest BCUT2D eigenvalue weighted by Gasteiger charge is -2.41. The largest absolute Gasteiger partial charge is 0.493 e. The van der Waals surface area contributed by atoms with Gasteiger partial charge in [0, 0.05) is 57.2 Å². The Morgan fingerprint density at radius 1 is 0.833 bits per heavy atom. The summed E-state index contributed by atoms with van der Waals surface area (Å²) in [6.07, 6.45) is 2.10. The summed E-state index contributed by atoms with van der Waals surface area (Å²) in [6.45, 7) is 2.71. The molecule has 1 spiro atoms. The Hall–Kier alpha value is -4.97. The molecule has 3 aromatic carbocycles. The van der Waals surface area contributed by atoms with E-state index in [1.165, 1.54) is 14.2 Å². The van der Waals surface area contributed by atoms with Gasteiger partial charge >= 0.3 is 0 Å². The van der Waals surface area contributed by atoms with Crippen molar-refractivity contribution in [3.8, 4) is 34.5 Å². The first-order chi connectivity index (χ1) is 23.4. The minimum atomic E-state index is -1.19. The van der Waals surface area contributed by atoms with Crippen LogP contribution in [-0.2, 0) is 20.9 Å². The van der Waals surface area contributed by atoms with E-state index in [0.29, 0.717) is 92.0 Å². The molecule has 2 saturated heterocycles. The van der Waals surface area contributed by atoms with Crippen molar-refractivity contribution in [2.45, 2.75) is 37.8 Å². The fraction of sp³-hybridized carbons (Fsp3) is 0.417. The molecule has 0 radical (unpaired) electrons. The fourth-order valence-electron chi connectivity index (χ4n) is 6.19. The lowest BCUT2D eigenvalue weighted by molar-refractivity contribution is -0.149. The monoisotopic (exact) mass is 659 g/mol. The normalized spacial score (nSPS) is 18.7. The number of methoxy groups -OCH3 is 2. The van der Waals surface area contributed by atoms with Gasteiger partial charge in [0.1, 0.15) is 18.1 Å². The molecule has 0 aliphatic carbocycles. The van der Waals surface area contributed by atoms with Crippen molar-refractivity contribution in [2.75, 3.05) is 53.7 Å². The van der Waals surface area contributed by atoms with Crippen LogP contribution in [0.5, 0.6) is 34.5 Å². The minimum absolute atomic E-state index is 0.0532. The Morgan fingerprint density at radius 3 is 2.21 bits per heavy atom. The molecule has 8 aliphatic rings. The number of carbonyl (C=O) groups is 3. The van der Waals surface area contributed by atoms with Crippen molar-refractivity contribution >= 4 is 17.7 Å². The van der Waals surface area contributed by atoms with Crippen LogP contribution in [0.15, 0.2) is 60.7 Å². The molecular weight excluding hydrogens is 618 g/mol. The number of nitrogens with one attached hydrogen (secondary N) is 2. The zero-order valence-electron chi connectivity index (χ0n) is 27.3. The number of ether oxygens (including phenoxy) is 6. The maximum Gasteiger partial charge on any atom is 0.264 e. The van der Waals surface area contributed by atoms with Crippen LogP contribution in [0, 0.1) is 5.92 Å². The molecule has 0 atom stereocenters. The van der Waals surface area contributed by atoms with E-state index < -0.39 is 5.60 Å². The second kappa shape index (κ2) is 14.8. The van der Waals surface area contributed by atoms with Gasteiger partial charge in [-0.3, -0.25) is 14.4 Å². The van der Waals surface area contributed by atoms with Crippen molar-refractivity contribution in [2.24, 2.45) is 5.92 Å². The molecule has 11 rings (SSSR count). The Labute approximate surface area is 279 Å². The van der Waals surface area contributed by atoms with Gasteiger partial charge in [-0.25, -0.2) is 0 Å². The van der Waals surface area contributed by atoms with Gasteiger partial charge in [0.15, 0.2) is 28.6 Å². The van der Waals surface area contributed by atoms with Gasteiger partial charge in [0.25, 0.3) is 11.8 Å². The van der Waals surface area contributed by atoms with Crippen LogP contribution in [0.2, 0.25) is 0 Å². The third-order valence-electron chi connectivity index (χ3n) is 8.99. The number of likely N-dealkylation sites (tertiary alicyclic amines) is 1. The first-order valence-corrected chi connectivity index (χ1v) is 16.3. The fourth-order valence-corrected chi connectivity index (χ4v) is 6.19. The minimum Gasteiger partial charge on any atom is -0.493 e. The summed E-state index contributed by atoms with van der Waals surface area (Å²) in [5.41, 5.74) is 0.00269. The lowest BCUT2D eigenvalue weighted by Crippen LogP contribution is -2.58. The third-order valence-corrected chi connectivity index (χ3v) is 8.99. The van der Waals surface area contributed by atoms with Gasteiger partial charge in [-0.1, -0.05) is 6.07 Å². The van der Waals surface area contributed by atoms with Gasteiger partial charge in [-0.05, 0) is 73.0 Å². The van der Waals surface area contributed by atoms with Crippen molar-refractivity contribution in [1.82, 2.24) is 15.5 Å². The Balaban J connectivity index is 1.25. The average molecular weight is 660 g/mol. The van der Waals surface area contributed by atoms with E-state index in [1.54, 1.807) is 54.6 Å². The third kappa shape index (κ3) is 7.44. The average Bonchev–Trinajstić information content (AvgIpc) is 3.13. The Bertz CT molecular complexity index is 1610. The maximum absolute atomic E-state index is 14.0. The van der Waals surface area contributed by atoms with Crippen LogP contribution in [0.25, 0.3) is 0 Å². The molecule has 8 aliphatic heterocycles. The summed E-state index contributed by atoms with van der Waals surface area (Å²) in [4.78, 5) is 42.0. The molecule has 2 N–H and O–H groups in total. The number of piperidine rings is 1. The number of hydrogen-bond acceptors (Lipinski definition) is 9. The number of nitrogens with zero attached hydrogens (tertiary/aromatic N) is 1. The number of rotatable bonds is 3. The zero-order valence-corrected chi connectivity index (χ0v) is 27.3. The summed E-state index contributed by atoms with van der Waals surface area (Å²) >= 11 is 0. The van der Waals surface area contributed by atoms with E-state index in [-0.39, 0.29) is 43.3 Å². The number of benzene rings is 3. The number of hydrogen-bond donors (Lipinski definition) is 2. The van der Waals surface area contributed by atoms with Gasteiger partial charge in [0.2, 0.25) is 5.91 Å². The van der Waals surface area contributed by atoms with Gasteiger partial charge in [0.05, 0.1) is 20.8 Å². The van der Waals surface area contributed by atoms with Crippen molar-refractivity contribution in [3.05, 3.63) is 71.8 Å². The summed E-state index contributed by atoms with van der Waals surface area (Å²) < 4.78 is 35.1. The van der Waals surface area contributed by atoms with Crippen LogP contribution >= 0.6 is 0 Å². The molecule has 12 nitrogen and oxygen atoms in total. The van der Waals surface area contributed by atoms with Crippen molar-refractivity contribution in [3.63, 3.8) is 0 Å². The van der Waals surface area contributed by atoms with Crippen molar-refractivity contribution < 1.29 is 42.8 Å². The topological polar surface area (TPSA) is 134 Å². The van der Waals surface area contributed by atoms with Crippen LogP contribution in [0.4, 0.5) is 0 Å². The van der Waals surface area contributed by atoms with Crippen LogP contribution in [0.1, 0.15) is 41.6 Å². The van der Waals surface area contributed by atoms with Gasteiger partial charge in [-0.15, -0.1) is 0 Å². The molecule has 8 heterocycles. The quantitative estimate of drug-likeness (QED) is 0.426. The second-order valence-corrected chi connectivity index (χ2v) is 12.0. The predicted molar refractivity (Wildman–Crippen MR) is 175 cm³/mol. The summed E-state index contributed by atoms with van der Waals surface area (Å²) in [5.74, 6) is 2.28. The Kier molecular flexibility index (Phi) is 10.2. The molecule has 6 bridgehead atoms. The van der Waals surface area contributed by atoms with Crippen LogP contribution < -0.4 is 34.3 Å². The number of carbonyl (C=O) groups excluding carboxylic acids is 3. The SMILES string of the molecule is COc1cc2ccc1Oc1ccc(cc1OC)C(=O)NCCOc1ccc(cc1)OC1(CCN(C(=O)C3CCOCC3)CC1)C(=O)NC2. The molecule has 12 heteroatoms. The highest BCUT2D eigenvalue weighted by Gasteiger charge is 2.45. The molecule has 48 heavy (non-hydrogen) atoms. The standard InChI is InChI=1S/C36H41N3O9/c1-43-31-21-24-3-9-29(31)47-30-10-4-26(22-32(30)44-2)33(40)37-15-20-46-27-5-7-28(8-6-27)48-36(35(42)38-23-24)13-16-39(17-14-36)34(41)25-11-18-45-19-12-25/h3-10,21-22,25H,11-20,23H2,1-2H3,(H,37,40)(H,38,42). The zero-order chi connectivity index (χ0) is 33.5. The number of amides is 3. The van der Waals surface area contributed by atoms with Gasteiger partial charge in [-0.2, -0.15) is 0 Å². The molecule has 2 fully saturated rings. The summed E-state index contributed by atoms with van der Waals surface area (Å²) in [5, 5.41) is 5.92. The van der Waals surface area contributed by atoms with Crippen LogP contribution in [-0.4, -0.2) is 81.9 Å². The molecule has 0 aromatic heterocycles. The lowest BCUT2D eigenvalue weighted by atomic mass is 9.88. The first-order valence-electron chi connectivity index (χ1n) is 16.3. The summed E-state index contributed by atoms with van der Waals surface area (Å²) in [6, 6.07) is 17.4. The molecule has 0 unspecified atom stereocenters. The molecular formula is C36H41N3O9. The molecule has 3 amide bonds. The van der Waals surface area contributed by atoms with Gasteiger partial charge < -0.3 is 44.0 Å².